The van der Waals surface area contributed by atoms with Gasteiger partial charge in [-0.15, -0.1) is 16.9 Å². The zero-order valence-electron chi connectivity index (χ0n) is 20.4. The SMILES string of the molecule is CO[C@@H]1[C@@H](OC)[C@H](C)O[C@@H](O/N=C/c2ccc(-c3ncn(-c4ccc(SC)cc4)n3)cc2)[C@@H]1OC. The maximum atomic E-state index is 5.91. The van der Waals surface area contributed by atoms with Crippen molar-refractivity contribution in [2.45, 2.75) is 42.5 Å². The van der Waals surface area contributed by atoms with Crippen molar-refractivity contribution in [1.82, 2.24) is 14.8 Å². The molecule has 1 aliphatic heterocycles. The molecule has 0 bridgehead atoms. The molecule has 0 amide bonds. The monoisotopic (exact) mass is 498 g/mol. The second kappa shape index (κ2) is 11.8. The zero-order chi connectivity index (χ0) is 24.8. The van der Waals surface area contributed by atoms with Crippen molar-refractivity contribution in [2.75, 3.05) is 27.6 Å². The van der Waals surface area contributed by atoms with E-state index < -0.39 is 12.4 Å². The first kappa shape index (κ1) is 25.3. The Morgan fingerprint density at radius 1 is 0.943 bits per heavy atom. The van der Waals surface area contributed by atoms with Crippen molar-refractivity contribution in [3.63, 3.8) is 0 Å². The van der Waals surface area contributed by atoms with E-state index in [4.69, 9.17) is 23.8 Å². The third-order valence-corrected chi connectivity index (χ3v) is 6.65. The summed E-state index contributed by atoms with van der Waals surface area (Å²) in [5.74, 6) is 0.643. The van der Waals surface area contributed by atoms with Crippen LogP contribution in [0.4, 0.5) is 0 Å². The molecule has 2 heterocycles. The maximum Gasteiger partial charge on any atom is 0.256 e. The summed E-state index contributed by atoms with van der Waals surface area (Å²) in [4.78, 5) is 11.3. The fourth-order valence-electron chi connectivity index (χ4n) is 4.02. The molecule has 0 unspecified atom stereocenters. The number of oxime groups is 1. The van der Waals surface area contributed by atoms with Gasteiger partial charge in [0.1, 0.15) is 18.5 Å². The molecule has 186 valence electrons. The minimum atomic E-state index is -0.722. The Labute approximate surface area is 209 Å². The number of thioether (sulfide) groups is 1. The van der Waals surface area contributed by atoms with Gasteiger partial charge >= 0.3 is 0 Å². The fourth-order valence-corrected chi connectivity index (χ4v) is 4.43. The van der Waals surface area contributed by atoms with Crippen LogP contribution in [0.1, 0.15) is 12.5 Å². The van der Waals surface area contributed by atoms with Gasteiger partial charge in [-0.1, -0.05) is 29.4 Å². The molecule has 0 radical (unpaired) electrons. The second-order valence-electron chi connectivity index (χ2n) is 7.98. The van der Waals surface area contributed by atoms with Gasteiger partial charge < -0.3 is 23.8 Å². The molecule has 0 aliphatic carbocycles. The van der Waals surface area contributed by atoms with Crippen LogP contribution < -0.4 is 0 Å². The van der Waals surface area contributed by atoms with Crippen LogP contribution >= 0.6 is 11.8 Å². The molecule has 10 heteroatoms. The van der Waals surface area contributed by atoms with Crippen LogP contribution in [0.2, 0.25) is 0 Å². The third-order valence-electron chi connectivity index (χ3n) is 5.91. The molecular formula is C25H30N4O5S. The molecule has 5 atom stereocenters. The number of aromatic nitrogens is 3. The predicted molar refractivity (Wildman–Crippen MR) is 134 cm³/mol. The van der Waals surface area contributed by atoms with Gasteiger partial charge in [-0.05, 0) is 43.0 Å². The van der Waals surface area contributed by atoms with Crippen molar-refractivity contribution in [2.24, 2.45) is 5.16 Å². The summed E-state index contributed by atoms with van der Waals surface area (Å²) in [7, 11) is 4.81. The highest BCUT2D eigenvalue weighted by Gasteiger charge is 2.46. The average molecular weight is 499 g/mol. The van der Waals surface area contributed by atoms with E-state index in [0.29, 0.717) is 5.82 Å². The number of hydrogen-bond donors (Lipinski definition) is 0. The molecule has 1 fully saturated rings. The molecule has 1 aromatic heterocycles. The van der Waals surface area contributed by atoms with E-state index in [0.717, 1.165) is 16.8 Å². The van der Waals surface area contributed by atoms with Crippen LogP contribution in [0.15, 0.2) is 64.9 Å². The van der Waals surface area contributed by atoms with E-state index >= 15 is 0 Å². The lowest BCUT2D eigenvalue weighted by Crippen LogP contribution is -2.59. The largest absolute Gasteiger partial charge is 0.376 e. The average Bonchev–Trinajstić information content (AvgIpc) is 3.39. The van der Waals surface area contributed by atoms with E-state index in [-0.39, 0.29) is 18.3 Å². The van der Waals surface area contributed by atoms with Crippen LogP contribution in [-0.2, 0) is 23.8 Å². The highest BCUT2D eigenvalue weighted by atomic mass is 32.2. The molecule has 0 spiro atoms. The highest BCUT2D eigenvalue weighted by molar-refractivity contribution is 7.98. The van der Waals surface area contributed by atoms with Gasteiger partial charge in [-0.25, -0.2) is 9.67 Å². The van der Waals surface area contributed by atoms with E-state index in [1.54, 1.807) is 50.3 Å². The van der Waals surface area contributed by atoms with Crippen LogP contribution in [0.25, 0.3) is 17.1 Å². The summed E-state index contributed by atoms with van der Waals surface area (Å²) >= 11 is 1.70. The predicted octanol–water partition coefficient (Wildman–Crippen LogP) is 3.80. The Bertz CT molecular complexity index is 1110. The molecule has 1 aliphatic rings. The summed E-state index contributed by atoms with van der Waals surface area (Å²) in [5, 5.41) is 8.71. The molecule has 35 heavy (non-hydrogen) atoms. The smallest absolute Gasteiger partial charge is 0.256 e. The number of rotatable bonds is 9. The molecule has 2 aromatic carbocycles. The Morgan fingerprint density at radius 3 is 2.26 bits per heavy atom. The van der Waals surface area contributed by atoms with Gasteiger partial charge in [-0.3, -0.25) is 0 Å². The Balaban J connectivity index is 1.39. The Kier molecular flexibility index (Phi) is 8.53. The second-order valence-corrected chi connectivity index (χ2v) is 8.86. The van der Waals surface area contributed by atoms with Crippen LogP contribution in [0.3, 0.4) is 0 Å². The van der Waals surface area contributed by atoms with Gasteiger partial charge in [0.25, 0.3) is 6.29 Å². The normalized spacial score (nSPS) is 24.7. The first-order valence-electron chi connectivity index (χ1n) is 11.2. The number of benzene rings is 2. The summed E-state index contributed by atoms with van der Waals surface area (Å²) in [6.45, 7) is 1.90. The summed E-state index contributed by atoms with van der Waals surface area (Å²) in [6.07, 6.45) is 3.32. The van der Waals surface area contributed by atoms with Gasteiger partial charge in [0.05, 0.1) is 18.0 Å². The van der Waals surface area contributed by atoms with Crippen LogP contribution in [0.5, 0.6) is 0 Å². The third kappa shape index (κ3) is 5.74. The molecular weight excluding hydrogens is 468 g/mol. The number of ether oxygens (including phenoxy) is 4. The fraction of sp³-hybridized carbons (Fsp3) is 0.400. The minimum Gasteiger partial charge on any atom is -0.376 e. The van der Waals surface area contributed by atoms with Crippen molar-refractivity contribution in [3.05, 3.63) is 60.4 Å². The number of hydrogen-bond acceptors (Lipinski definition) is 9. The lowest BCUT2D eigenvalue weighted by atomic mass is 9.99. The molecule has 0 N–H and O–H groups in total. The zero-order valence-corrected chi connectivity index (χ0v) is 21.2. The van der Waals surface area contributed by atoms with E-state index in [1.807, 2.05) is 43.3 Å². The first-order chi connectivity index (χ1) is 17.1. The van der Waals surface area contributed by atoms with E-state index in [9.17, 15) is 0 Å². The molecule has 3 aromatic rings. The van der Waals surface area contributed by atoms with Gasteiger partial charge in [0.15, 0.2) is 11.9 Å². The van der Waals surface area contributed by atoms with Gasteiger partial charge in [0, 0.05) is 31.8 Å². The quantitative estimate of drug-likeness (QED) is 0.250. The summed E-state index contributed by atoms with van der Waals surface area (Å²) in [6, 6.07) is 15.9. The minimum absolute atomic E-state index is 0.244. The van der Waals surface area contributed by atoms with Crippen molar-refractivity contribution in [1.29, 1.82) is 0 Å². The summed E-state index contributed by atoms with van der Waals surface area (Å²) in [5.41, 5.74) is 2.72. The molecule has 0 saturated carbocycles. The van der Waals surface area contributed by atoms with E-state index in [2.05, 4.69) is 33.6 Å². The lowest BCUT2D eigenvalue weighted by molar-refractivity contribution is -0.305. The highest BCUT2D eigenvalue weighted by Crippen LogP contribution is 2.27. The van der Waals surface area contributed by atoms with Crippen molar-refractivity contribution in [3.8, 4) is 17.1 Å². The van der Waals surface area contributed by atoms with E-state index in [1.165, 1.54) is 4.90 Å². The lowest BCUT2D eigenvalue weighted by Gasteiger charge is -2.42. The number of nitrogens with zero attached hydrogens (tertiary/aromatic N) is 4. The maximum absolute atomic E-state index is 5.91. The standard InChI is InChI=1S/C25H30N4O5S/c1-16-21(30-2)22(31-3)23(32-4)25(33-16)34-27-14-17-6-8-18(9-7-17)24-26-15-29(28-24)19-10-12-20(35-5)13-11-19/h6-16,21-23,25H,1-5H3/b27-14+/t16-,21-,22+,23+,25-/m0/s1. The molecule has 1 saturated heterocycles. The topological polar surface area (TPSA) is 89.2 Å². The molecule has 4 rings (SSSR count). The van der Waals surface area contributed by atoms with Gasteiger partial charge in [-0.2, -0.15) is 0 Å². The Morgan fingerprint density at radius 2 is 1.63 bits per heavy atom. The Hall–Kier alpha value is -2.76. The number of methoxy groups -OCH3 is 3. The van der Waals surface area contributed by atoms with Crippen molar-refractivity contribution >= 4 is 18.0 Å². The molecule has 9 nitrogen and oxygen atoms in total. The summed E-state index contributed by atoms with van der Waals surface area (Å²) < 4.78 is 24.3. The van der Waals surface area contributed by atoms with Crippen LogP contribution in [-0.4, -0.2) is 79.3 Å². The van der Waals surface area contributed by atoms with Crippen LogP contribution in [0, 0.1) is 0 Å². The van der Waals surface area contributed by atoms with Gasteiger partial charge in [0.2, 0.25) is 0 Å². The van der Waals surface area contributed by atoms with Crippen molar-refractivity contribution < 1.29 is 23.8 Å². The first-order valence-corrected chi connectivity index (χ1v) is 12.4.